The van der Waals surface area contributed by atoms with E-state index in [1.165, 1.54) is 76.4 Å². The zero-order chi connectivity index (χ0) is 14.2. The topological polar surface area (TPSA) is 0 Å². The van der Waals surface area contributed by atoms with Crippen LogP contribution in [0.15, 0.2) is 12.7 Å². The molecule has 0 heterocycles. The average molecular weight is 285 g/mol. The van der Waals surface area contributed by atoms with Crippen LogP contribution in [-0.4, -0.2) is 11.5 Å². The minimum atomic E-state index is 0.893. The van der Waals surface area contributed by atoms with Gasteiger partial charge in [-0.1, -0.05) is 84.1 Å². The largest absolute Gasteiger partial charge is 0.158 e. The van der Waals surface area contributed by atoms with Crippen LogP contribution >= 0.6 is 11.8 Å². The Morgan fingerprint density at radius 3 is 1.74 bits per heavy atom. The Morgan fingerprint density at radius 1 is 0.789 bits per heavy atom. The lowest BCUT2D eigenvalue weighted by Crippen LogP contribution is -1.87. The molecule has 0 spiro atoms. The van der Waals surface area contributed by atoms with E-state index >= 15 is 0 Å². The predicted molar refractivity (Wildman–Crippen MR) is 93.1 cm³/mol. The first-order valence-corrected chi connectivity index (χ1v) is 9.61. The lowest BCUT2D eigenvalue weighted by atomic mass is 10.0. The molecule has 114 valence electrons. The molecular weight excluding hydrogens is 248 g/mol. The van der Waals surface area contributed by atoms with E-state index in [2.05, 4.69) is 20.4 Å². The molecule has 0 rings (SSSR count). The van der Waals surface area contributed by atoms with Crippen molar-refractivity contribution in [3.8, 4) is 0 Å². The molecule has 0 amide bonds. The summed E-state index contributed by atoms with van der Waals surface area (Å²) in [6.45, 7) is 8.40. The average Bonchev–Trinajstić information content (AvgIpc) is 2.39. The Labute approximate surface area is 126 Å². The van der Waals surface area contributed by atoms with Gasteiger partial charge in [0, 0.05) is 5.75 Å². The van der Waals surface area contributed by atoms with E-state index < -0.39 is 0 Å². The Morgan fingerprint density at radius 2 is 1.26 bits per heavy atom. The summed E-state index contributed by atoms with van der Waals surface area (Å²) in [7, 11) is 0. The molecule has 0 saturated carbocycles. The quantitative estimate of drug-likeness (QED) is 0.234. The van der Waals surface area contributed by atoms with Gasteiger partial charge in [0.2, 0.25) is 0 Å². The fourth-order valence-corrected chi connectivity index (χ4v) is 3.08. The lowest BCUT2D eigenvalue weighted by Gasteiger charge is -2.04. The second-order valence-corrected chi connectivity index (χ2v) is 7.23. The summed E-state index contributed by atoms with van der Waals surface area (Å²) in [6.07, 6.45) is 17.9. The van der Waals surface area contributed by atoms with Crippen molar-refractivity contribution in [2.75, 3.05) is 11.5 Å². The van der Waals surface area contributed by atoms with Crippen LogP contribution in [0.25, 0.3) is 0 Å². The van der Waals surface area contributed by atoms with Crippen LogP contribution in [0.2, 0.25) is 0 Å². The second kappa shape index (κ2) is 16.1. The minimum Gasteiger partial charge on any atom is -0.158 e. The summed E-state index contributed by atoms with van der Waals surface area (Å²) < 4.78 is 0. The van der Waals surface area contributed by atoms with Crippen LogP contribution in [0, 0.1) is 5.92 Å². The maximum absolute atomic E-state index is 3.74. The van der Waals surface area contributed by atoms with Gasteiger partial charge in [-0.3, -0.25) is 0 Å². The molecule has 0 aliphatic rings. The van der Waals surface area contributed by atoms with E-state index in [0.29, 0.717) is 0 Å². The van der Waals surface area contributed by atoms with Gasteiger partial charge in [-0.2, -0.15) is 11.8 Å². The van der Waals surface area contributed by atoms with Gasteiger partial charge < -0.3 is 0 Å². The van der Waals surface area contributed by atoms with Crippen LogP contribution in [0.1, 0.15) is 84.5 Å². The van der Waals surface area contributed by atoms with Crippen LogP contribution in [0.3, 0.4) is 0 Å². The summed E-state index contributed by atoms with van der Waals surface area (Å²) in [5.41, 5.74) is 0. The zero-order valence-corrected chi connectivity index (χ0v) is 14.3. The first-order chi connectivity index (χ1) is 9.27. The third-order valence-corrected chi connectivity index (χ3v) is 4.60. The van der Waals surface area contributed by atoms with E-state index in [-0.39, 0.29) is 0 Å². The highest BCUT2D eigenvalue weighted by Gasteiger charge is 1.95. The molecule has 0 aromatic heterocycles. The van der Waals surface area contributed by atoms with Crippen LogP contribution in [-0.2, 0) is 0 Å². The van der Waals surface area contributed by atoms with Gasteiger partial charge in [0.25, 0.3) is 0 Å². The van der Waals surface area contributed by atoms with Crippen LogP contribution in [0.5, 0.6) is 0 Å². The van der Waals surface area contributed by atoms with Gasteiger partial charge >= 0.3 is 0 Å². The van der Waals surface area contributed by atoms with Crippen molar-refractivity contribution >= 4 is 11.8 Å². The number of rotatable bonds is 15. The molecule has 19 heavy (non-hydrogen) atoms. The first-order valence-electron chi connectivity index (χ1n) is 8.46. The molecule has 0 N–H and O–H groups in total. The molecule has 0 radical (unpaired) electrons. The number of unbranched alkanes of at least 4 members (excludes halogenated alkanes) is 9. The molecule has 0 unspecified atom stereocenters. The van der Waals surface area contributed by atoms with Gasteiger partial charge in [-0.05, 0) is 18.1 Å². The molecule has 0 aliphatic heterocycles. The van der Waals surface area contributed by atoms with Gasteiger partial charge in [0.15, 0.2) is 0 Å². The summed E-state index contributed by atoms with van der Waals surface area (Å²) in [5, 5.41) is 0. The highest BCUT2D eigenvalue weighted by Crippen LogP contribution is 2.14. The summed E-state index contributed by atoms with van der Waals surface area (Å²) in [5.74, 6) is 3.34. The Hall–Kier alpha value is 0.0900. The van der Waals surface area contributed by atoms with E-state index in [1.54, 1.807) is 0 Å². The van der Waals surface area contributed by atoms with E-state index in [1.807, 2.05) is 17.8 Å². The number of thioether (sulfide) groups is 1. The molecular formula is C18H36S. The van der Waals surface area contributed by atoms with Gasteiger partial charge in [-0.15, -0.1) is 6.58 Å². The van der Waals surface area contributed by atoms with Gasteiger partial charge in [0.05, 0.1) is 0 Å². The fraction of sp³-hybridized carbons (Fsp3) is 0.889. The van der Waals surface area contributed by atoms with Crippen molar-refractivity contribution < 1.29 is 0 Å². The van der Waals surface area contributed by atoms with E-state index in [0.717, 1.165) is 11.7 Å². The molecule has 0 fully saturated rings. The molecule has 0 atom stereocenters. The van der Waals surface area contributed by atoms with Crippen molar-refractivity contribution in [2.45, 2.75) is 84.5 Å². The number of hydrogen-bond donors (Lipinski definition) is 0. The van der Waals surface area contributed by atoms with Crippen LogP contribution < -0.4 is 0 Å². The van der Waals surface area contributed by atoms with Crippen molar-refractivity contribution in [3.05, 3.63) is 12.7 Å². The van der Waals surface area contributed by atoms with Gasteiger partial charge in [-0.25, -0.2) is 0 Å². The third-order valence-electron chi connectivity index (χ3n) is 3.56. The summed E-state index contributed by atoms with van der Waals surface area (Å²) >= 11 is 2.02. The molecule has 0 bridgehead atoms. The molecule has 0 nitrogen and oxygen atoms in total. The van der Waals surface area contributed by atoms with E-state index in [4.69, 9.17) is 0 Å². The van der Waals surface area contributed by atoms with Crippen molar-refractivity contribution in [3.63, 3.8) is 0 Å². The third kappa shape index (κ3) is 18.1. The van der Waals surface area contributed by atoms with Crippen molar-refractivity contribution in [2.24, 2.45) is 5.92 Å². The highest BCUT2D eigenvalue weighted by molar-refractivity contribution is 7.99. The second-order valence-electron chi connectivity index (χ2n) is 6.08. The Balaban J connectivity index is 2.93. The van der Waals surface area contributed by atoms with Crippen LogP contribution in [0.4, 0.5) is 0 Å². The lowest BCUT2D eigenvalue weighted by molar-refractivity contribution is 0.505. The van der Waals surface area contributed by atoms with Gasteiger partial charge in [0.1, 0.15) is 0 Å². The molecule has 0 aromatic rings. The SMILES string of the molecule is C=CCSCCCCCCCCCCCCC(C)C. The minimum absolute atomic E-state index is 0.893. The number of hydrogen-bond acceptors (Lipinski definition) is 1. The zero-order valence-electron chi connectivity index (χ0n) is 13.5. The molecule has 1 heteroatoms. The predicted octanol–water partition coefficient (Wildman–Crippen LogP) is 6.85. The Kier molecular flexibility index (Phi) is 16.2. The highest BCUT2D eigenvalue weighted by atomic mass is 32.2. The van der Waals surface area contributed by atoms with Crippen molar-refractivity contribution in [1.29, 1.82) is 0 Å². The maximum atomic E-state index is 3.74. The molecule has 0 aromatic carbocycles. The van der Waals surface area contributed by atoms with Crippen molar-refractivity contribution in [1.82, 2.24) is 0 Å². The summed E-state index contributed by atoms with van der Waals surface area (Å²) in [6, 6.07) is 0. The molecule has 0 aliphatic carbocycles. The Bertz CT molecular complexity index is 175. The molecule has 0 saturated heterocycles. The monoisotopic (exact) mass is 284 g/mol. The normalized spacial score (nSPS) is 11.1. The fourth-order valence-electron chi connectivity index (χ4n) is 2.34. The van der Waals surface area contributed by atoms with E-state index in [9.17, 15) is 0 Å². The standard InChI is InChI=1S/C18H36S/c1-4-16-19-17-14-12-10-8-6-5-7-9-11-13-15-18(2)3/h4,18H,1,5-17H2,2-3H3. The maximum Gasteiger partial charge on any atom is 0.0110 e. The summed E-state index contributed by atoms with van der Waals surface area (Å²) in [4.78, 5) is 0. The first kappa shape index (κ1) is 19.1. The smallest absolute Gasteiger partial charge is 0.0110 e.